The van der Waals surface area contributed by atoms with E-state index in [4.69, 9.17) is 4.84 Å². The van der Waals surface area contributed by atoms with Crippen LogP contribution in [0.15, 0.2) is 59.5 Å². The number of hydrogen-bond donors (Lipinski definition) is 1. The summed E-state index contributed by atoms with van der Waals surface area (Å²) < 4.78 is 24.9. The first-order chi connectivity index (χ1) is 10.2. The van der Waals surface area contributed by atoms with Gasteiger partial charge in [-0.2, -0.15) is 8.78 Å². The molecule has 0 saturated carbocycles. The SMILES string of the molecule is O=C(NOCc1ccccc1)c1ccccc1SC(F)F. The maximum absolute atomic E-state index is 12.4. The number of amides is 1. The van der Waals surface area contributed by atoms with E-state index in [0.717, 1.165) is 5.56 Å². The fraction of sp³-hybridized carbons (Fsp3) is 0.133. The zero-order valence-corrected chi connectivity index (χ0v) is 11.8. The summed E-state index contributed by atoms with van der Waals surface area (Å²) in [5, 5.41) is 0. The molecule has 0 atom stereocenters. The lowest BCUT2D eigenvalue weighted by molar-refractivity contribution is 0.0231. The highest BCUT2D eigenvalue weighted by Gasteiger charge is 2.15. The molecule has 1 amide bonds. The summed E-state index contributed by atoms with van der Waals surface area (Å²) in [4.78, 5) is 17.3. The fourth-order valence-electron chi connectivity index (χ4n) is 1.67. The largest absolute Gasteiger partial charge is 0.288 e. The molecule has 0 heterocycles. The summed E-state index contributed by atoms with van der Waals surface area (Å²) in [7, 11) is 0. The number of thioether (sulfide) groups is 1. The Bertz CT molecular complexity index is 593. The van der Waals surface area contributed by atoms with Crippen LogP contribution in [-0.4, -0.2) is 11.7 Å². The van der Waals surface area contributed by atoms with E-state index in [0.29, 0.717) is 11.8 Å². The predicted molar refractivity (Wildman–Crippen MR) is 77.0 cm³/mol. The Balaban J connectivity index is 1.94. The molecule has 0 aliphatic carbocycles. The molecule has 0 unspecified atom stereocenters. The molecule has 2 aromatic rings. The second kappa shape index (κ2) is 7.75. The highest BCUT2D eigenvalue weighted by Crippen LogP contribution is 2.28. The molecule has 1 N–H and O–H groups in total. The van der Waals surface area contributed by atoms with Crippen LogP contribution in [-0.2, 0) is 11.4 Å². The molecule has 2 aromatic carbocycles. The minimum absolute atomic E-state index is 0.163. The molecule has 21 heavy (non-hydrogen) atoms. The van der Waals surface area contributed by atoms with Crippen LogP contribution in [0, 0.1) is 0 Å². The molecule has 2 rings (SSSR count). The van der Waals surface area contributed by atoms with E-state index in [1.807, 2.05) is 30.3 Å². The first-order valence-corrected chi connectivity index (χ1v) is 7.04. The van der Waals surface area contributed by atoms with Crippen LogP contribution in [0.3, 0.4) is 0 Å². The van der Waals surface area contributed by atoms with Crippen molar-refractivity contribution in [1.82, 2.24) is 5.48 Å². The number of benzene rings is 2. The van der Waals surface area contributed by atoms with Crippen molar-refractivity contribution in [2.75, 3.05) is 0 Å². The van der Waals surface area contributed by atoms with Crippen LogP contribution < -0.4 is 5.48 Å². The first kappa shape index (κ1) is 15.5. The zero-order valence-electron chi connectivity index (χ0n) is 11.0. The van der Waals surface area contributed by atoms with E-state index in [1.165, 1.54) is 12.1 Å². The van der Waals surface area contributed by atoms with Crippen molar-refractivity contribution in [2.45, 2.75) is 17.3 Å². The smallest absolute Gasteiger partial charge is 0.269 e. The Kier molecular flexibility index (Phi) is 5.71. The zero-order chi connectivity index (χ0) is 15.1. The third-order valence-electron chi connectivity index (χ3n) is 2.59. The highest BCUT2D eigenvalue weighted by atomic mass is 32.2. The molecule has 0 radical (unpaired) electrons. The number of nitrogens with one attached hydrogen (secondary N) is 1. The summed E-state index contributed by atoms with van der Waals surface area (Å²) in [5.74, 6) is -3.13. The Morgan fingerprint density at radius 2 is 1.76 bits per heavy atom. The van der Waals surface area contributed by atoms with Gasteiger partial charge in [0.2, 0.25) is 0 Å². The summed E-state index contributed by atoms with van der Waals surface area (Å²) in [6, 6.07) is 15.5. The van der Waals surface area contributed by atoms with Gasteiger partial charge in [0.25, 0.3) is 11.7 Å². The van der Waals surface area contributed by atoms with Crippen molar-refractivity contribution in [1.29, 1.82) is 0 Å². The second-order valence-electron chi connectivity index (χ2n) is 4.08. The number of carbonyl (C=O) groups excluding carboxylic acids is 1. The van der Waals surface area contributed by atoms with Gasteiger partial charge in [-0.05, 0) is 17.7 Å². The molecule has 0 aliphatic heterocycles. The third kappa shape index (κ3) is 4.84. The van der Waals surface area contributed by atoms with Gasteiger partial charge in [0.05, 0.1) is 12.2 Å². The molecule has 0 fully saturated rings. The Morgan fingerprint density at radius 3 is 2.48 bits per heavy atom. The molecule has 0 spiro atoms. The van der Waals surface area contributed by atoms with Gasteiger partial charge in [0, 0.05) is 4.90 Å². The van der Waals surface area contributed by atoms with Gasteiger partial charge in [-0.15, -0.1) is 0 Å². The van der Waals surface area contributed by atoms with Crippen molar-refractivity contribution < 1.29 is 18.4 Å². The maximum atomic E-state index is 12.4. The average molecular weight is 309 g/mol. The number of rotatable bonds is 6. The van der Waals surface area contributed by atoms with Crippen molar-refractivity contribution in [3.05, 3.63) is 65.7 Å². The summed E-state index contributed by atoms with van der Waals surface area (Å²) in [6.45, 7) is 0.205. The monoisotopic (exact) mass is 309 g/mol. The molecule has 3 nitrogen and oxygen atoms in total. The van der Waals surface area contributed by atoms with Crippen LogP contribution in [0.25, 0.3) is 0 Å². The van der Waals surface area contributed by atoms with Crippen LogP contribution >= 0.6 is 11.8 Å². The number of carbonyl (C=O) groups is 1. The molecule has 0 aromatic heterocycles. The number of hydrogen-bond acceptors (Lipinski definition) is 3. The summed E-state index contributed by atoms with van der Waals surface area (Å²) in [5.41, 5.74) is 3.32. The first-order valence-electron chi connectivity index (χ1n) is 6.16. The minimum Gasteiger partial charge on any atom is -0.269 e. The van der Waals surface area contributed by atoms with Crippen molar-refractivity contribution in [2.24, 2.45) is 0 Å². The highest BCUT2D eigenvalue weighted by molar-refractivity contribution is 7.99. The number of alkyl halides is 2. The molecule has 6 heteroatoms. The van der Waals surface area contributed by atoms with E-state index < -0.39 is 11.7 Å². The maximum Gasteiger partial charge on any atom is 0.288 e. The van der Waals surface area contributed by atoms with Crippen LogP contribution in [0.2, 0.25) is 0 Å². The standard InChI is InChI=1S/C15H13F2NO2S/c16-15(17)21-13-9-5-4-8-12(13)14(19)18-20-10-11-6-2-1-3-7-11/h1-9,15H,10H2,(H,18,19). The fourth-order valence-corrected chi connectivity index (χ4v) is 2.30. The van der Waals surface area contributed by atoms with Gasteiger partial charge in [-0.3, -0.25) is 9.63 Å². The minimum atomic E-state index is -2.58. The Hall–Kier alpha value is -1.92. The van der Waals surface area contributed by atoms with Crippen LogP contribution in [0.1, 0.15) is 15.9 Å². The predicted octanol–water partition coefficient (Wildman–Crippen LogP) is 3.86. The van der Waals surface area contributed by atoms with Gasteiger partial charge >= 0.3 is 0 Å². The average Bonchev–Trinajstić information content (AvgIpc) is 2.48. The molecule has 0 bridgehead atoms. The van der Waals surface area contributed by atoms with Crippen LogP contribution in [0.5, 0.6) is 0 Å². The van der Waals surface area contributed by atoms with Gasteiger partial charge in [0.15, 0.2) is 0 Å². The summed E-state index contributed by atoms with van der Waals surface area (Å²) in [6.07, 6.45) is 0. The molecule has 0 saturated heterocycles. The lowest BCUT2D eigenvalue weighted by Gasteiger charge is -2.09. The van der Waals surface area contributed by atoms with E-state index >= 15 is 0 Å². The molecular weight excluding hydrogens is 296 g/mol. The summed E-state index contributed by atoms with van der Waals surface area (Å²) >= 11 is 0.333. The van der Waals surface area contributed by atoms with Crippen LogP contribution in [0.4, 0.5) is 8.78 Å². The van der Waals surface area contributed by atoms with Gasteiger partial charge in [0.1, 0.15) is 0 Å². The molecular formula is C15H13F2NO2S. The van der Waals surface area contributed by atoms with Gasteiger partial charge < -0.3 is 0 Å². The Morgan fingerprint density at radius 1 is 1.10 bits per heavy atom. The van der Waals surface area contributed by atoms with E-state index in [2.05, 4.69) is 5.48 Å². The van der Waals surface area contributed by atoms with E-state index in [-0.39, 0.29) is 17.1 Å². The third-order valence-corrected chi connectivity index (χ3v) is 3.38. The number of halogens is 2. The van der Waals surface area contributed by atoms with Gasteiger partial charge in [-0.25, -0.2) is 5.48 Å². The lowest BCUT2D eigenvalue weighted by Crippen LogP contribution is -2.24. The lowest BCUT2D eigenvalue weighted by atomic mass is 10.2. The van der Waals surface area contributed by atoms with Gasteiger partial charge in [-0.1, -0.05) is 54.2 Å². The normalized spacial score (nSPS) is 10.6. The molecule has 0 aliphatic rings. The molecule has 110 valence electrons. The topological polar surface area (TPSA) is 38.3 Å². The van der Waals surface area contributed by atoms with Crippen molar-refractivity contribution >= 4 is 17.7 Å². The van der Waals surface area contributed by atoms with E-state index in [9.17, 15) is 13.6 Å². The second-order valence-corrected chi connectivity index (χ2v) is 5.11. The Labute approximate surface area is 125 Å². The van der Waals surface area contributed by atoms with Crippen molar-refractivity contribution in [3.8, 4) is 0 Å². The van der Waals surface area contributed by atoms with E-state index in [1.54, 1.807) is 12.1 Å². The quantitative estimate of drug-likeness (QED) is 0.650. The van der Waals surface area contributed by atoms with Crippen molar-refractivity contribution in [3.63, 3.8) is 0 Å². The number of hydroxylamine groups is 1.